The molecule has 0 aliphatic rings. The second-order valence-corrected chi connectivity index (χ2v) is 9.35. The summed E-state index contributed by atoms with van der Waals surface area (Å²) in [6, 6.07) is 24.8. The normalized spacial score (nSPS) is 10.9. The van der Waals surface area contributed by atoms with Crippen molar-refractivity contribution in [1.29, 1.82) is 5.26 Å². The van der Waals surface area contributed by atoms with Crippen molar-refractivity contribution in [3.05, 3.63) is 105 Å². The van der Waals surface area contributed by atoms with Crippen LogP contribution in [0.25, 0.3) is 33.8 Å². The molecule has 2 heterocycles. The van der Waals surface area contributed by atoms with Crippen LogP contribution in [0.1, 0.15) is 11.3 Å². The zero-order valence-corrected chi connectivity index (χ0v) is 22.8. The van der Waals surface area contributed by atoms with Crippen LogP contribution in [0.5, 0.6) is 11.5 Å². The van der Waals surface area contributed by atoms with Crippen molar-refractivity contribution in [1.82, 2.24) is 0 Å². The summed E-state index contributed by atoms with van der Waals surface area (Å²) in [6.07, 6.45) is 1.41. The number of halogens is 1. The largest absolute Gasteiger partial charge is 0.497 e. The van der Waals surface area contributed by atoms with Gasteiger partial charge in [-0.1, -0.05) is 28.1 Å². The molecule has 3 aromatic carbocycles. The predicted molar refractivity (Wildman–Crippen MR) is 153 cm³/mol. The number of nitriles is 1. The van der Waals surface area contributed by atoms with Gasteiger partial charge < -0.3 is 18.3 Å². The van der Waals surface area contributed by atoms with Crippen LogP contribution < -0.4 is 9.47 Å². The molecule has 40 heavy (non-hydrogen) atoms. The third-order valence-corrected chi connectivity index (χ3v) is 6.58. The number of hydrogen-bond acceptors (Lipinski definition) is 8. The maximum Gasteiger partial charge on any atom is 0.281 e. The van der Waals surface area contributed by atoms with Crippen LogP contribution in [0, 0.1) is 21.4 Å². The van der Waals surface area contributed by atoms with Crippen molar-refractivity contribution in [3.63, 3.8) is 0 Å². The number of nitro benzene ring substituents is 1. The molecule has 198 valence electrons. The molecule has 0 saturated carbocycles. The first-order chi connectivity index (χ1) is 19.4. The molecule has 5 rings (SSSR count). The molecule has 0 aliphatic heterocycles. The Hall–Kier alpha value is -5.14. The van der Waals surface area contributed by atoms with Crippen molar-refractivity contribution in [2.45, 2.75) is 0 Å². The molecular formula is C30H20BrN3O6. The Labute approximate surface area is 237 Å². The molecular weight excluding hydrogens is 578 g/mol. The zero-order chi connectivity index (χ0) is 28.2. The number of rotatable bonds is 8. The van der Waals surface area contributed by atoms with Crippen LogP contribution in [-0.4, -0.2) is 25.4 Å². The van der Waals surface area contributed by atoms with Gasteiger partial charge in [0, 0.05) is 21.7 Å². The van der Waals surface area contributed by atoms with Crippen LogP contribution in [0.2, 0.25) is 0 Å². The van der Waals surface area contributed by atoms with Gasteiger partial charge in [-0.25, -0.2) is 4.99 Å². The van der Waals surface area contributed by atoms with E-state index in [0.29, 0.717) is 44.4 Å². The molecule has 0 saturated heterocycles. The number of nitro groups is 1. The van der Waals surface area contributed by atoms with Gasteiger partial charge in [0.25, 0.3) is 5.69 Å². The van der Waals surface area contributed by atoms with E-state index in [-0.39, 0.29) is 17.1 Å². The smallest absolute Gasteiger partial charge is 0.281 e. The molecule has 0 unspecified atom stereocenters. The lowest BCUT2D eigenvalue weighted by Gasteiger charge is -2.06. The number of hydrogen-bond donors (Lipinski definition) is 0. The first-order valence-corrected chi connectivity index (χ1v) is 12.6. The van der Waals surface area contributed by atoms with E-state index in [9.17, 15) is 15.4 Å². The lowest BCUT2D eigenvalue weighted by Crippen LogP contribution is -1.91. The summed E-state index contributed by atoms with van der Waals surface area (Å²) in [4.78, 5) is 15.5. The molecule has 0 aliphatic carbocycles. The molecule has 0 radical (unpaired) electrons. The summed E-state index contributed by atoms with van der Waals surface area (Å²) in [5, 5.41) is 21.7. The SMILES string of the molecule is COc1ccc(-c2oc(N=Cc3ccc(-c4ccc(Br)cc4[N+](=O)[O-])o3)c(C#N)c2-c2ccc(OC)cc2)cc1. The third kappa shape index (κ3) is 5.23. The fraction of sp³-hybridized carbons (Fsp3) is 0.0667. The molecule has 0 fully saturated rings. The van der Waals surface area contributed by atoms with Gasteiger partial charge in [0.1, 0.15) is 40.4 Å². The van der Waals surface area contributed by atoms with Crippen LogP contribution in [0.3, 0.4) is 0 Å². The fourth-order valence-corrected chi connectivity index (χ4v) is 4.50. The Balaban J connectivity index is 1.57. The molecule has 0 atom stereocenters. The van der Waals surface area contributed by atoms with Crippen molar-refractivity contribution in [3.8, 4) is 51.3 Å². The van der Waals surface area contributed by atoms with E-state index in [2.05, 4.69) is 27.0 Å². The summed E-state index contributed by atoms with van der Waals surface area (Å²) >= 11 is 3.26. The highest BCUT2D eigenvalue weighted by molar-refractivity contribution is 9.10. The summed E-state index contributed by atoms with van der Waals surface area (Å²) in [7, 11) is 3.17. The zero-order valence-electron chi connectivity index (χ0n) is 21.3. The molecule has 2 aromatic heterocycles. The lowest BCUT2D eigenvalue weighted by molar-refractivity contribution is -0.384. The summed E-state index contributed by atoms with van der Waals surface area (Å²) in [5.41, 5.74) is 2.52. The van der Waals surface area contributed by atoms with Crippen molar-refractivity contribution < 1.29 is 23.2 Å². The summed E-state index contributed by atoms with van der Waals surface area (Å²) < 4.78 is 23.1. The van der Waals surface area contributed by atoms with Gasteiger partial charge >= 0.3 is 0 Å². The lowest BCUT2D eigenvalue weighted by atomic mass is 9.98. The van der Waals surface area contributed by atoms with Gasteiger partial charge in [-0.3, -0.25) is 10.1 Å². The maximum atomic E-state index is 11.5. The van der Waals surface area contributed by atoms with E-state index in [1.807, 2.05) is 24.3 Å². The van der Waals surface area contributed by atoms with Crippen molar-refractivity contribution >= 4 is 33.7 Å². The fourth-order valence-electron chi connectivity index (χ4n) is 4.15. The first-order valence-electron chi connectivity index (χ1n) is 11.9. The molecule has 0 bridgehead atoms. The quantitative estimate of drug-likeness (QED) is 0.100. The van der Waals surface area contributed by atoms with Crippen molar-refractivity contribution in [2.24, 2.45) is 4.99 Å². The van der Waals surface area contributed by atoms with E-state index >= 15 is 0 Å². The highest BCUT2D eigenvalue weighted by Crippen LogP contribution is 2.43. The number of aliphatic imine (C=N–C) groups is 1. The van der Waals surface area contributed by atoms with Crippen LogP contribution in [-0.2, 0) is 0 Å². The Morgan fingerprint density at radius 2 is 1.57 bits per heavy atom. The number of nitrogens with zero attached hydrogens (tertiary/aromatic N) is 3. The predicted octanol–water partition coefficient (Wildman–Crippen LogP) is 8.18. The van der Waals surface area contributed by atoms with Crippen molar-refractivity contribution in [2.75, 3.05) is 14.2 Å². The van der Waals surface area contributed by atoms with Gasteiger partial charge in [0.2, 0.25) is 5.88 Å². The number of furan rings is 2. The minimum atomic E-state index is -0.472. The van der Waals surface area contributed by atoms with Gasteiger partial charge in [-0.2, -0.15) is 5.26 Å². The highest BCUT2D eigenvalue weighted by Gasteiger charge is 2.23. The highest BCUT2D eigenvalue weighted by atomic mass is 79.9. The van der Waals surface area contributed by atoms with E-state index in [0.717, 1.165) is 11.1 Å². The van der Waals surface area contributed by atoms with Crippen LogP contribution in [0.15, 0.2) is 97.2 Å². The number of benzene rings is 3. The molecule has 0 spiro atoms. The summed E-state index contributed by atoms with van der Waals surface area (Å²) in [6.45, 7) is 0. The Morgan fingerprint density at radius 3 is 2.17 bits per heavy atom. The average Bonchev–Trinajstić information content (AvgIpc) is 3.60. The minimum absolute atomic E-state index is 0.0895. The Bertz CT molecular complexity index is 1760. The molecule has 10 heteroatoms. The number of methoxy groups -OCH3 is 2. The standard InChI is InChI=1S/C30H20BrN3O6/c1-37-21-8-3-18(4-9-21)28-25(16-32)30(40-29(28)19-5-10-22(38-2)11-6-19)33-17-23-12-14-27(39-23)24-13-7-20(31)15-26(24)34(35)36/h3-15,17H,1-2H3. The molecule has 0 N–H and O–H groups in total. The molecule has 5 aromatic rings. The maximum absolute atomic E-state index is 11.5. The summed E-state index contributed by atoms with van der Waals surface area (Å²) in [5.74, 6) is 2.53. The second kappa shape index (κ2) is 11.3. The topological polar surface area (TPSA) is 124 Å². The average molecular weight is 598 g/mol. The molecule has 0 amide bonds. The van der Waals surface area contributed by atoms with Gasteiger partial charge in [0.05, 0.1) is 30.9 Å². The van der Waals surface area contributed by atoms with Gasteiger partial charge in [-0.15, -0.1) is 0 Å². The van der Waals surface area contributed by atoms with Gasteiger partial charge in [0.15, 0.2) is 0 Å². The van der Waals surface area contributed by atoms with E-state index in [4.69, 9.17) is 18.3 Å². The Morgan fingerprint density at radius 1 is 0.925 bits per heavy atom. The monoisotopic (exact) mass is 597 g/mol. The van der Waals surface area contributed by atoms with E-state index in [1.54, 1.807) is 62.8 Å². The van der Waals surface area contributed by atoms with Crippen LogP contribution in [0.4, 0.5) is 11.6 Å². The van der Waals surface area contributed by atoms with Crippen LogP contribution >= 0.6 is 15.9 Å². The molecule has 9 nitrogen and oxygen atoms in total. The van der Waals surface area contributed by atoms with E-state index in [1.165, 1.54) is 12.3 Å². The second-order valence-electron chi connectivity index (χ2n) is 8.43. The minimum Gasteiger partial charge on any atom is -0.497 e. The first kappa shape index (κ1) is 26.5. The van der Waals surface area contributed by atoms with E-state index < -0.39 is 4.92 Å². The Kier molecular flexibility index (Phi) is 7.48. The number of ether oxygens (including phenoxy) is 2. The van der Waals surface area contributed by atoms with Gasteiger partial charge in [-0.05, 0) is 66.2 Å². The third-order valence-electron chi connectivity index (χ3n) is 6.09.